The van der Waals surface area contributed by atoms with E-state index < -0.39 is 0 Å². The van der Waals surface area contributed by atoms with Crippen LogP contribution in [0.4, 0.5) is 0 Å². The second-order valence-corrected chi connectivity index (χ2v) is 6.06. The molecule has 1 aliphatic heterocycles. The van der Waals surface area contributed by atoms with E-state index in [4.69, 9.17) is 0 Å². The molecule has 0 aromatic carbocycles. The van der Waals surface area contributed by atoms with Gasteiger partial charge in [0.15, 0.2) is 0 Å². The Bertz CT molecular complexity index is 282. The fourth-order valence-corrected chi connectivity index (χ4v) is 2.45. The van der Waals surface area contributed by atoms with Crippen molar-refractivity contribution >= 4 is 5.91 Å². The molecule has 2 rings (SSSR count). The molecule has 1 saturated carbocycles. The first-order valence-electron chi connectivity index (χ1n) is 6.54. The third-order valence-electron chi connectivity index (χ3n) is 3.99. The van der Waals surface area contributed by atoms with Crippen molar-refractivity contribution in [2.45, 2.75) is 52.0 Å². The van der Waals surface area contributed by atoms with Gasteiger partial charge in [-0.1, -0.05) is 13.3 Å². The third-order valence-corrected chi connectivity index (χ3v) is 3.99. The lowest BCUT2D eigenvalue weighted by Crippen LogP contribution is -2.51. The van der Waals surface area contributed by atoms with Crippen LogP contribution in [0.1, 0.15) is 46.5 Å². The minimum Gasteiger partial charge on any atom is -0.341 e. The van der Waals surface area contributed by atoms with E-state index in [1.54, 1.807) is 0 Å². The topological polar surface area (TPSA) is 32.3 Å². The second-order valence-electron chi connectivity index (χ2n) is 6.06. The molecule has 1 N–H and O–H groups in total. The third kappa shape index (κ3) is 2.24. The number of nitrogens with one attached hydrogen (secondary N) is 1. The molecule has 1 heterocycles. The van der Waals surface area contributed by atoms with Crippen LogP contribution in [0.5, 0.6) is 0 Å². The number of hydrogen-bond acceptors (Lipinski definition) is 2. The number of nitrogens with zero attached hydrogens (tertiary/aromatic N) is 1. The molecule has 3 heteroatoms. The summed E-state index contributed by atoms with van der Waals surface area (Å²) in [5.41, 5.74) is 0.0387. The number of carbonyl (C=O) groups excluding carboxylic acids is 1. The molecular weight excluding hydrogens is 200 g/mol. The summed E-state index contributed by atoms with van der Waals surface area (Å²) in [6.07, 6.45) is 4.85. The van der Waals surface area contributed by atoms with Gasteiger partial charge in [0.1, 0.15) is 0 Å². The Morgan fingerprint density at radius 2 is 2.06 bits per heavy atom. The Balaban J connectivity index is 2.09. The predicted molar refractivity (Wildman–Crippen MR) is 65.2 cm³/mol. The molecule has 0 bridgehead atoms. The Labute approximate surface area is 98.6 Å². The fraction of sp³-hybridized carbons (Fsp3) is 0.923. The maximum Gasteiger partial charge on any atom is 0.242 e. The molecule has 1 amide bonds. The van der Waals surface area contributed by atoms with Crippen molar-refractivity contribution in [2.75, 3.05) is 19.6 Å². The van der Waals surface area contributed by atoms with E-state index in [-0.39, 0.29) is 11.4 Å². The highest BCUT2D eigenvalue weighted by Crippen LogP contribution is 2.47. The first kappa shape index (κ1) is 11.9. The van der Waals surface area contributed by atoms with Crippen LogP contribution < -0.4 is 5.32 Å². The van der Waals surface area contributed by atoms with E-state index in [9.17, 15) is 4.79 Å². The lowest BCUT2D eigenvalue weighted by molar-refractivity contribution is -0.136. The van der Waals surface area contributed by atoms with Gasteiger partial charge < -0.3 is 10.2 Å². The van der Waals surface area contributed by atoms with Crippen LogP contribution in [-0.2, 0) is 4.79 Å². The quantitative estimate of drug-likeness (QED) is 0.792. The van der Waals surface area contributed by atoms with Gasteiger partial charge in [-0.15, -0.1) is 0 Å². The van der Waals surface area contributed by atoms with Crippen LogP contribution in [0.25, 0.3) is 0 Å². The van der Waals surface area contributed by atoms with Crippen LogP contribution in [0.3, 0.4) is 0 Å². The standard InChI is InChI=1S/C13H24N2O/c1-4-5-8-15-10-13(6-7-13)9-14-12(2,3)11(15)16/h14H,4-10H2,1-3H3. The number of unbranched alkanes of at least 4 members (excludes halogenated alkanes) is 1. The van der Waals surface area contributed by atoms with Gasteiger partial charge >= 0.3 is 0 Å². The Morgan fingerprint density at radius 1 is 1.38 bits per heavy atom. The van der Waals surface area contributed by atoms with Crippen molar-refractivity contribution < 1.29 is 4.79 Å². The Kier molecular flexibility index (Phi) is 2.99. The van der Waals surface area contributed by atoms with Gasteiger partial charge in [-0.25, -0.2) is 0 Å². The van der Waals surface area contributed by atoms with Gasteiger partial charge in [-0.05, 0) is 33.1 Å². The zero-order chi connectivity index (χ0) is 11.8. The van der Waals surface area contributed by atoms with Gasteiger partial charge in [-0.3, -0.25) is 4.79 Å². The second kappa shape index (κ2) is 4.02. The number of amides is 1. The number of hydrogen-bond donors (Lipinski definition) is 1. The van der Waals surface area contributed by atoms with E-state index in [0.717, 1.165) is 32.5 Å². The molecule has 1 saturated heterocycles. The van der Waals surface area contributed by atoms with Crippen molar-refractivity contribution in [2.24, 2.45) is 5.41 Å². The maximum absolute atomic E-state index is 12.4. The summed E-state index contributed by atoms with van der Waals surface area (Å²) in [5, 5.41) is 3.44. The highest BCUT2D eigenvalue weighted by atomic mass is 16.2. The normalized spacial score (nSPS) is 26.9. The molecule has 2 aliphatic rings. The number of carbonyl (C=O) groups is 1. The van der Waals surface area contributed by atoms with Crippen molar-refractivity contribution in [1.29, 1.82) is 0 Å². The van der Waals surface area contributed by atoms with Crippen LogP contribution in [-0.4, -0.2) is 36.0 Å². The summed E-state index contributed by atoms with van der Waals surface area (Å²) in [4.78, 5) is 14.4. The molecule has 16 heavy (non-hydrogen) atoms. The molecule has 3 nitrogen and oxygen atoms in total. The summed E-state index contributed by atoms with van der Waals surface area (Å²) in [6.45, 7) is 9.11. The first-order chi connectivity index (χ1) is 7.49. The van der Waals surface area contributed by atoms with Crippen molar-refractivity contribution in [3.05, 3.63) is 0 Å². The maximum atomic E-state index is 12.4. The number of rotatable bonds is 3. The van der Waals surface area contributed by atoms with Crippen LogP contribution in [0.15, 0.2) is 0 Å². The van der Waals surface area contributed by atoms with Gasteiger partial charge in [0.2, 0.25) is 5.91 Å². The summed E-state index contributed by atoms with van der Waals surface area (Å²) < 4.78 is 0. The van der Waals surface area contributed by atoms with Gasteiger partial charge in [0, 0.05) is 25.0 Å². The van der Waals surface area contributed by atoms with Crippen molar-refractivity contribution in [1.82, 2.24) is 10.2 Å². The van der Waals surface area contributed by atoms with Crippen LogP contribution in [0.2, 0.25) is 0 Å². The molecule has 2 fully saturated rings. The van der Waals surface area contributed by atoms with E-state index in [0.29, 0.717) is 5.41 Å². The highest BCUT2D eigenvalue weighted by Gasteiger charge is 2.49. The SMILES string of the molecule is CCCCN1CC2(CC2)CNC(C)(C)C1=O. The predicted octanol–water partition coefficient (Wildman–Crippen LogP) is 1.78. The fourth-order valence-electron chi connectivity index (χ4n) is 2.45. The molecule has 92 valence electrons. The zero-order valence-electron chi connectivity index (χ0n) is 10.8. The monoisotopic (exact) mass is 224 g/mol. The Hall–Kier alpha value is -0.570. The average Bonchev–Trinajstić information content (AvgIpc) is 3.01. The van der Waals surface area contributed by atoms with Gasteiger partial charge in [-0.2, -0.15) is 0 Å². The lowest BCUT2D eigenvalue weighted by atomic mass is 10.0. The van der Waals surface area contributed by atoms with Crippen molar-refractivity contribution in [3.8, 4) is 0 Å². The van der Waals surface area contributed by atoms with E-state index in [2.05, 4.69) is 17.1 Å². The first-order valence-corrected chi connectivity index (χ1v) is 6.54. The Morgan fingerprint density at radius 3 is 2.62 bits per heavy atom. The summed E-state index contributed by atoms with van der Waals surface area (Å²) in [6, 6.07) is 0. The summed E-state index contributed by atoms with van der Waals surface area (Å²) in [7, 11) is 0. The van der Waals surface area contributed by atoms with Gasteiger partial charge in [0.25, 0.3) is 0 Å². The average molecular weight is 224 g/mol. The van der Waals surface area contributed by atoms with Crippen molar-refractivity contribution in [3.63, 3.8) is 0 Å². The lowest BCUT2D eigenvalue weighted by Gasteiger charge is -2.29. The molecule has 1 aliphatic carbocycles. The molecule has 0 radical (unpaired) electrons. The van der Waals surface area contributed by atoms with E-state index in [1.807, 2.05) is 13.8 Å². The zero-order valence-corrected chi connectivity index (χ0v) is 10.8. The van der Waals surface area contributed by atoms with Crippen LogP contribution >= 0.6 is 0 Å². The smallest absolute Gasteiger partial charge is 0.242 e. The molecule has 0 aromatic rings. The molecule has 1 spiro atoms. The van der Waals surface area contributed by atoms with Crippen LogP contribution in [0, 0.1) is 5.41 Å². The minimum absolute atomic E-state index is 0.282. The molecule has 0 unspecified atom stereocenters. The highest BCUT2D eigenvalue weighted by molar-refractivity contribution is 5.86. The van der Waals surface area contributed by atoms with E-state index in [1.165, 1.54) is 12.8 Å². The van der Waals surface area contributed by atoms with Gasteiger partial charge in [0.05, 0.1) is 5.54 Å². The summed E-state index contributed by atoms with van der Waals surface area (Å²) >= 11 is 0. The molecular formula is C13H24N2O. The largest absolute Gasteiger partial charge is 0.341 e. The summed E-state index contributed by atoms with van der Waals surface area (Å²) in [5.74, 6) is 0.282. The minimum atomic E-state index is -0.375. The van der Waals surface area contributed by atoms with E-state index >= 15 is 0 Å². The molecule has 0 atom stereocenters. The molecule has 0 aromatic heterocycles.